The Hall–Kier alpha value is -3.70. The van der Waals surface area contributed by atoms with Crippen molar-refractivity contribution in [2.24, 2.45) is 0 Å². The third-order valence-corrected chi connectivity index (χ3v) is 8.40. The van der Waals surface area contributed by atoms with Crippen molar-refractivity contribution in [3.63, 3.8) is 0 Å². The molecule has 2 saturated heterocycles. The van der Waals surface area contributed by atoms with E-state index in [1.54, 1.807) is 12.2 Å². The van der Waals surface area contributed by atoms with Crippen molar-refractivity contribution in [3.05, 3.63) is 88.7 Å². The quantitative estimate of drug-likeness (QED) is 0.568. The van der Waals surface area contributed by atoms with Crippen LogP contribution in [-0.4, -0.2) is 97.1 Å². The summed E-state index contributed by atoms with van der Waals surface area (Å²) >= 11 is 0. The molecule has 214 valence electrons. The van der Waals surface area contributed by atoms with Gasteiger partial charge < -0.3 is 19.8 Å². The van der Waals surface area contributed by atoms with Gasteiger partial charge in [-0.15, -0.1) is 0 Å². The van der Waals surface area contributed by atoms with Crippen molar-refractivity contribution < 1.29 is 9.90 Å². The van der Waals surface area contributed by atoms with E-state index in [4.69, 9.17) is 0 Å². The maximum atomic E-state index is 13.6. The molecule has 7 nitrogen and oxygen atoms in total. The summed E-state index contributed by atoms with van der Waals surface area (Å²) in [6, 6.07) is 14.5. The number of benzene rings is 2. The van der Waals surface area contributed by atoms with E-state index in [1.165, 1.54) is 0 Å². The van der Waals surface area contributed by atoms with Crippen LogP contribution in [0.25, 0.3) is 16.7 Å². The summed E-state index contributed by atoms with van der Waals surface area (Å²) in [6.07, 6.45) is 10.1. The minimum Gasteiger partial charge on any atom is -0.508 e. The molecule has 2 aromatic rings. The molecule has 3 aliphatic rings. The molecule has 1 N–H and O–H groups in total. The number of rotatable bonds is 5. The lowest BCUT2D eigenvalue weighted by atomic mass is 9.89. The van der Waals surface area contributed by atoms with Crippen LogP contribution in [0, 0.1) is 11.3 Å². The molecule has 5 rings (SSSR count). The van der Waals surface area contributed by atoms with Crippen molar-refractivity contribution in [2.45, 2.75) is 25.8 Å². The van der Waals surface area contributed by atoms with Gasteiger partial charge in [-0.05, 0) is 106 Å². The number of nitrogens with zero attached hydrogens (tertiary/aromatic N) is 5. The highest BCUT2D eigenvalue weighted by molar-refractivity contribution is 5.98. The number of likely N-dealkylation sites (N-methyl/N-ethyl adjacent to an activating group) is 2. The molecule has 0 bridgehead atoms. The van der Waals surface area contributed by atoms with Crippen molar-refractivity contribution >= 4 is 11.5 Å². The minimum atomic E-state index is 0.0335. The number of hydrogen-bond donors (Lipinski definition) is 1. The zero-order chi connectivity index (χ0) is 28.8. The summed E-state index contributed by atoms with van der Waals surface area (Å²) < 4.78 is 0. The molecule has 0 radical (unpaired) electrons. The maximum absolute atomic E-state index is 13.6. The number of amides is 1. The molecule has 0 saturated carbocycles. The lowest BCUT2D eigenvalue weighted by Gasteiger charge is -2.22. The van der Waals surface area contributed by atoms with Crippen molar-refractivity contribution in [1.82, 2.24) is 19.6 Å². The minimum absolute atomic E-state index is 0.0335. The number of allylic oxidation sites excluding steroid dienone is 5. The molecule has 2 heterocycles. The zero-order valence-corrected chi connectivity index (χ0v) is 24.4. The standard InChI is InChI=1S/C34H41N5O2/c1-36-14-4-16-38(20-18-36)25-26-8-12-31(29(22-26)24-35)32-13-10-28(34(41)39-17-5-15-37(2)19-21-39)23-33(32)27-6-3-7-30(40)11-9-27/h6-13,22-23,40H,3-5,14-21,25H2,1-2H3. The van der Waals surface area contributed by atoms with Crippen LogP contribution in [0.4, 0.5) is 0 Å². The second kappa shape index (κ2) is 13.3. The SMILES string of the molecule is CN1CCCN(Cc2ccc(-c3ccc(C(=O)N4CCCN(C)CC4)cc3C3=CCC=C(O)C=C3)c(C#N)c2)CC1. The van der Waals surface area contributed by atoms with Crippen LogP contribution >= 0.6 is 0 Å². The van der Waals surface area contributed by atoms with Gasteiger partial charge in [0.2, 0.25) is 0 Å². The van der Waals surface area contributed by atoms with Crippen molar-refractivity contribution in [3.8, 4) is 17.2 Å². The van der Waals surface area contributed by atoms with Crippen LogP contribution < -0.4 is 0 Å². The molecule has 2 fully saturated rings. The number of aliphatic hydroxyl groups excluding tert-OH is 1. The highest BCUT2D eigenvalue weighted by atomic mass is 16.3. The second-order valence-electron chi connectivity index (χ2n) is 11.5. The Morgan fingerprint density at radius 2 is 1.59 bits per heavy atom. The van der Waals surface area contributed by atoms with E-state index >= 15 is 0 Å². The van der Waals surface area contributed by atoms with Crippen molar-refractivity contribution in [1.29, 1.82) is 5.26 Å². The number of carbonyl (C=O) groups excluding carboxylic acids is 1. The molecule has 2 aromatic carbocycles. The van der Waals surface area contributed by atoms with E-state index in [0.717, 1.165) is 93.0 Å². The van der Waals surface area contributed by atoms with Gasteiger partial charge in [0, 0.05) is 50.4 Å². The van der Waals surface area contributed by atoms with Crippen LogP contribution in [0.15, 0.2) is 66.5 Å². The predicted molar refractivity (Wildman–Crippen MR) is 164 cm³/mol. The average molecular weight is 552 g/mol. The molecule has 41 heavy (non-hydrogen) atoms. The predicted octanol–water partition coefficient (Wildman–Crippen LogP) is 4.93. The Balaban J connectivity index is 1.49. The summed E-state index contributed by atoms with van der Waals surface area (Å²) in [4.78, 5) is 22.7. The topological polar surface area (TPSA) is 74.1 Å². The Labute approximate surface area is 244 Å². The molecule has 0 unspecified atom stereocenters. The molecular formula is C34H41N5O2. The number of nitriles is 1. The van der Waals surface area contributed by atoms with Crippen LogP contribution in [-0.2, 0) is 6.54 Å². The first-order chi connectivity index (χ1) is 19.9. The highest BCUT2D eigenvalue weighted by Gasteiger charge is 2.22. The van der Waals surface area contributed by atoms with Crippen molar-refractivity contribution in [2.75, 3.05) is 66.5 Å². The highest BCUT2D eigenvalue weighted by Crippen LogP contribution is 2.35. The Morgan fingerprint density at radius 3 is 2.39 bits per heavy atom. The average Bonchev–Trinajstić information content (AvgIpc) is 3.43. The first-order valence-electron chi connectivity index (χ1n) is 14.7. The van der Waals surface area contributed by atoms with Gasteiger partial charge in [-0.3, -0.25) is 9.69 Å². The van der Waals surface area contributed by atoms with Gasteiger partial charge >= 0.3 is 0 Å². The van der Waals surface area contributed by atoms with E-state index in [2.05, 4.69) is 53.1 Å². The monoisotopic (exact) mass is 551 g/mol. The van der Waals surface area contributed by atoms with E-state index in [0.29, 0.717) is 24.1 Å². The van der Waals surface area contributed by atoms with Gasteiger partial charge in [0.1, 0.15) is 5.76 Å². The van der Waals surface area contributed by atoms with Crippen LogP contribution in [0.5, 0.6) is 0 Å². The summed E-state index contributed by atoms with van der Waals surface area (Å²) in [6.45, 7) is 8.38. The summed E-state index contributed by atoms with van der Waals surface area (Å²) in [5.74, 6) is 0.256. The lowest BCUT2D eigenvalue weighted by molar-refractivity contribution is 0.0763. The van der Waals surface area contributed by atoms with Crippen LogP contribution in [0.3, 0.4) is 0 Å². The first kappa shape index (κ1) is 28.8. The van der Waals surface area contributed by atoms with E-state index < -0.39 is 0 Å². The number of carbonyl (C=O) groups is 1. The van der Waals surface area contributed by atoms with E-state index in [1.807, 2.05) is 35.2 Å². The molecule has 0 spiro atoms. The van der Waals surface area contributed by atoms with Gasteiger partial charge in [0.15, 0.2) is 0 Å². The van der Waals surface area contributed by atoms with Gasteiger partial charge in [-0.1, -0.05) is 30.4 Å². The summed E-state index contributed by atoms with van der Waals surface area (Å²) in [7, 11) is 4.27. The van der Waals surface area contributed by atoms with Gasteiger partial charge in [0.25, 0.3) is 5.91 Å². The molecule has 1 aliphatic carbocycles. The zero-order valence-electron chi connectivity index (χ0n) is 24.4. The fourth-order valence-electron chi connectivity index (χ4n) is 5.93. The van der Waals surface area contributed by atoms with Gasteiger partial charge in [-0.2, -0.15) is 5.26 Å². The molecule has 7 heteroatoms. The first-order valence-corrected chi connectivity index (χ1v) is 14.7. The van der Waals surface area contributed by atoms with E-state index in [9.17, 15) is 15.2 Å². The molecular weight excluding hydrogens is 510 g/mol. The molecule has 1 amide bonds. The second-order valence-corrected chi connectivity index (χ2v) is 11.5. The fraction of sp³-hybridized carbons (Fsp3) is 0.412. The number of aliphatic hydroxyl groups is 1. The number of hydrogen-bond acceptors (Lipinski definition) is 6. The summed E-state index contributed by atoms with van der Waals surface area (Å²) in [5.41, 5.74) is 5.99. The van der Waals surface area contributed by atoms with Crippen LogP contribution in [0.1, 0.15) is 46.3 Å². The molecule has 0 atom stereocenters. The molecule has 0 aromatic heterocycles. The Kier molecular flexibility index (Phi) is 9.35. The maximum Gasteiger partial charge on any atom is 0.253 e. The Morgan fingerprint density at radius 1 is 0.829 bits per heavy atom. The third-order valence-electron chi connectivity index (χ3n) is 8.40. The van der Waals surface area contributed by atoms with Gasteiger partial charge in [0.05, 0.1) is 11.6 Å². The largest absolute Gasteiger partial charge is 0.508 e. The smallest absolute Gasteiger partial charge is 0.253 e. The Bertz CT molecular complexity index is 1400. The third kappa shape index (κ3) is 7.15. The fourth-order valence-corrected chi connectivity index (χ4v) is 5.93. The van der Waals surface area contributed by atoms with Gasteiger partial charge in [-0.25, -0.2) is 0 Å². The van der Waals surface area contributed by atoms with Crippen LogP contribution in [0.2, 0.25) is 0 Å². The lowest BCUT2D eigenvalue weighted by Crippen LogP contribution is -2.34. The molecule has 2 aliphatic heterocycles. The van der Waals surface area contributed by atoms with E-state index in [-0.39, 0.29) is 11.7 Å². The summed E-state index contributed by atoms with van der Waals surface area (Å²) in [5, 5.41) is 20.3. The normalized spacial score (nSPS) is 19.5.